The summed E-state index contributed by atoms with van der Waals surface area (Å²) in [5.74, 6) is 1.47. The highest BCUT2D eigenvalue weighted by Gasteiger charge is 2.14. The van der Waals surface area contributed by atoms with Gasteiger partial charge in [0.15, 0.2) is 0 Å². The minimum absolute atomic E-state index is 0.509. The van der Waals surface area contributed by atoms with Crippen molar-refractivity contribution in [3.63, 3.8) is 0 Å². The number of aliphatic hydroxyl groups excluding tert-OH is 1. The van der Waals surface area contributed by atoms with E-state index in [1.807, 2.05) is 42.5 Å². The van der Waals surface area contributed by atoms with Crippen molar-refractivity contribution in [1.29, 1.82) is 0 Å². The first kappa shape index (κ1) is 14.9. The first-order valence-corrected chi connectivity index (χ1v) is 7.07. The van der Waals surface area contributed by atoms with Crippen LogP contribution in [0.15, 0.2) is 46.9 Å². The highest BCUT2D eigenvalue weighted by atomic mass is 79.9. The van der Waals surface area contributed by atoms with Crippen LogP contribution < -0.4 is 9.47 Å². The maximum atomic E-state index is 10.4. The molecule has 0 bridgehead atoms. The summed E-state index contributed by atoms with van der Waals surface area (Å²) in [4.78, 5) is 0. The molecular formula is C16H17BrO3. The minimum atomic E-state index is -0.620. The molecule has 20 heavy (non-hydrogen) atoms. The predicted molar refractivity (Wildman–Crippen MR) is 82.4 cm³/mol. The molecule has 3 nitrogen and oxygen atoms in total. The van der Waals surface area contributed by atoms with Crippen LogP contribution in [0.5, 0.6) is 11.5 Å². The van der Waals surface area contributed by atoms with Crippen LogP contribution in [0.2, 0.25) is 0 Å². The number of hydrogen-bond donors (Lipinski definition) is 1. The van der Waals surface area contributed by atoms with Gasteiger partial charge < -0.3 is 14.6 Å². The Kier molecular flexibility index (Phi) is 5.04. The van der Waals surface area contributed by atoms with E-state index in [2.05, 4.69) is 15.9 Å². The van der Waals surface area contributed by atoms with Crippen molar-refractivity contribution < 1.29 is 14.6 Å². The zero-order valence-electron chi connectivity index (χ0n) is 11.5. The second-order valence-corrected chi connectivity index (χ2v) is 5.37. The van der Waals surface area contributed by atoms with Gasteiger partial charge in [-0.05, 0) is 29.8 Å². The fraction of sp³-hybridized carbons (Fsp3) is 0.250. The van der Waals surface area contributed by atoms with Crippen molar-refractivity contribution in [3.8, 4) is 11.5 Å². The topological polar surface area (TPSA) is 38.7 Å². The van der Waals surface area contributed by atoms with E-state index in [1.54, 1.807) is 14.2 Å². The van der Waals surface area contributed by atoms with Gasteiger partial charge in [-0.25, -0.2) is 0 Å². The molecule has 106 valence electrons. The Hall–Kier alpha value is -1.52. The Labute approximate surface area is 127 Å². The van der Waals surface area contributed by atoms with Gasteiger partial charge in [0.1, 0.15) is 11.5 Å². The van der Waals surface area contributed by atoms with Gasteiger partial charge in [0.05, 0.1) is 20.3 Å². The van der Waals surface area contributed by atoms with Crippen LogP contribution in [-0.4, -0.2) is 19.3 Å². The highest BCUT2D eigenvalue weighted by Crippen LogP contribution is 2.30. The summed E-state index contributed by atoms with van der Waals surface area (Å²) in [5.41, 5.74) is 1.79. The number of aliphatic hydroxyl groups is 1. The van der Waals surface area contributed by atoms with Crippen LogP contribution in [0.25, 0.3) is 0 Å². The average Bonchev–Trinajstić information content (AvgIpc) is 2.47. The third kappa shape index (κ3) is 3.52. The summed E-state index contributed by atoms with van der Waals surface area (Å²) in [7, 11) is 3.23. The summed E-state index contributed by atoms with van der Waals surface area (Å²) in [6, 6.07) is 13.3. The molecule has 0 spiro atoms. The zero-order valence-corrected chi connectivity index (χ0v) is 13.1. The molecule has 2 rings (SSSR count). The van der Waals surface area contributed by atoms with Gasteiger partial charge in [-0.2, -0.15) is 0 Å². The Balaban J connectivity index is 2.21. The molecule has 0 aromatic heterocycles. The molecule has 0 saturated carbocycles. The Morgan fingerprint density at radius 1 is 1.10 bits per heavy atom. The molecular weight excluding hydrogens is 320 g/mol. The fourth-order valence-corrected chi connectivity index (χ4v) is 2.43. The van der Waals surface area contributed by atoms with Crippen molar-refractivity contribution >= 4 is 15.9 Å². The zero-order chi connectivity index (χ0) is 14.5. The average molecular weight is 337 g/mol. The number of ether oxygens (including phenoxy) is 2. The van der Waals surface area contributed by atoms with E-state index < -0.39 is 6.10 Å². The highest BCUT2D eigenvalue weighted by molar-refractivity contribution is 9.10. The van der Waals surface area contributed by atoms with Gasteiger partial charge >= 0.3 is 0 Å². The van der Waals surface area contributed by atoms with Crippen molar-refractivity contribution in [2.24, 2.45) is 0 Å². The van der Waals surface area contributed by atoms with E-state index in [-0.39, 0.29) is 0 Å². The van der Waals surface area contributed by atoms with Crippen LogP contribution in [0.4, 0.5) is 0 Å². The maximum Gasteiger partial charge on any atom is 0.125 e. The van der Waals surface area contributed by atoms with Gasteiger partial charge in [0, 0.05) is 16.5 Å². The summed E-state index contributed by atoms with van der Waals surface area (Å²) in [6.45, 7) is 0. The van der Waals surface area contributed by atoms with Gasteiger partial charge in [-0.1, -0.05) is 34.1 Å². The Morgan fingerprint density at radius 3 is 2.60 bits per heavy atom. The molecule has 0 aliphatic carbocycles. The number of hydrogen-bond acceptors (Lipinski definition) is 3. The van der Waals surface area contributed by atoms with Crippen molar-refractivity contribution in [3.05, 3.63) is 58.1 Å². The van der Waals surface area contributed by atoms with Gasteiger partial charge in [0.25, 0.3) is 0 Å². The van der Waals surface area contributed by atoms with Crippen molar-refractivity contribution in [1.82, 2.24) is 0 Å². The normalized spacial score (nSPS) is 12.0. The number of methoxy groups -OCH3 is 2. The largest absolute Gasteiger partial charge is 0.497 e. The third-order valence-electron chi connectivity index (χ3n) is 3.12. The molecule has 4 heteroatoms. The van der Waals surface area contributed by atoms with Crippen LogP contribution in [0.1, 0.15) is 17.2 Å². The van der Waals surface area contributed by atoms with E-state index in [0.29, 0.717) is 12.2 Å². The number of rotatable bonds is 5. The van der Waals surface area contributed by atoms with Crippen LogP contribution >= 0.6 is 15.9 Å². The van der Waals surface area contributed by atoms with E-state index in [1.165, 1.54) is 0 Å². The van der Waals surface area contributed by atoms with Crippen molar-refractivity contribution in [2.45, 2.75) is 12.5 Å². The Bertz CT molecular complexity index is 584. The van der Waals surface area contributed by atoms with E-state index in [0.717, 1.165) is 21.3 Å². The lowest BCUT2D eigenvalue weighted by atomic mass is 10.0. The summed E-state index contributed by atoms with van der Waals surface area (Å²) in [6.07, 6.45) is -0.111. The van der Waals surface area contributed by atoms with Crippen LogP contribution in [0, 0.1) is 0 Å². The molecule has 0 saturated heterocycles. The lowest BCUT2D eigenvalue weighted by molar-refractivity contribution is 0.174. The molecule has 2 aromatic carbocycles. The quantitative estimate of drug-likeness (QED) is 0.903. The third-order valence-corrected chi connectivity index (χ3v) is 3.61. The second kappa shape index (κ2) is 6.77. The molecule has 0 aliphatic heterocycles. The molecule has 1 atom stereocenters. The monoisotopic (exact) mass is 336 g/mol. The van der Waals surface area contributed by atoms with Crippen LogP contribution in [-0.2, 0) is 6.42 Å². The SMILES string of the molecule is COc1cccc(CC(O)c2ccc(Br)cc2OC)c1. The lowest BCUT2D eigenvalue weighted by Crippen LogP contribution is -2.04. The predicted octanol–water partition coefficient (Wildman–Crippen LogP) is 3.74. The lowest BCUT2D eigenvalue weighted by Gasteiger charge is -2.15. The summed E-state index contributed by atoms with van der Waals surface area (Å²) >= 11 is 3.39. The molecule has 0 aliphatic rings. The molecule has 0 heterocycles. The standard InChI is InChI=1S/C16H17BrO3/c1-19-13-5-3-4-11(8-13)9-15(18)14-7-6-12(17)10-16(14)20-2/h3-8,10,15,18H,9H2,1-2H3. The number of halogens is 1. The molecule has 0 amide bonds. The molecule has 0 fully saturated rings. The second-order valence-electron chi connectivity index (χ2n) is 4.46. The van der Waals surface area contributed by atoms with Crippen LogP contribution in [0.3, 0.4) is 0 Å². The van der Waals surface area contributed by atoms with Gasteiger partial charge in [-0.3, -0.25) is 0 Å². The summed E-state index contributed by atoms with van der Waals surface area (Å²) < 4.78 is 11.4. The smallest absolute Gasteiger partial charge is 0.125 e. The first-order valence-electron chi connectivity index (χ1n) is 6.28. The molecule has 1 unspecified atom stereocenters. The first-order chi connectivity index (χ1) is 9.63. The summed E-state index contributed by atoms with van der Waals surface area (Å²) in [5, 5.41) is 10.4. The Morgan fingerprint density at radius 2 is 1.90 bits per heavy atom. The van der Waals surface area contributed by atoms with E-state index in [4.69, 9.17) is 9.47 Å². The maximum absolute atomic E-state index is 10.4. The number of benzene rings is 2. The fourth-order valence-electron chi connectivity index (χ4n) is 2.09. The van der Waals surface area contributed by atoms with Gasteiger partial charge in [-0.15, -0.1) is 0 Å². The van der Waals surface area contributed by atoms with E-state index in [9.17, 15) is 5.11 Å². The molecule has 1 N–H and O–H groups in total. The van der Waals surface area contributed by atoms with Crippen molar-refractivity contribution in [2.75, 3.05) is 14.2 Å². The van der Waals surface area contributed by atoms with E-state index >= 15 is 0 Å². The minimum Gasteiger partial charge on any atom is -0.497 e. The molecule has 2 aromatic rings. The van der Waals surface area contributed by atoms with Gasteiger partial charge in [0.2, 0.25) is 0 Å². The molecule has 0 radical (unpaired) electrons.